The molecule has 0 aliphatic rings. The van der Waals surface area contributed by atoms with Crippen molar-refractivity contribution in [3.8, 4) is 17.4 Å². The Morgan fingerprint density at radius 3 is 2.64 bits per heavy atom. The average Bonchev–Trinajstić information content (AvgIpc) is 3.38. The van der Waals surface area contributed by atoms with Crippen LogP contribution >= 0.6 is 0 Å². The lowest BCUT2D eigenvalue weighted by molar-refractivity contribution is 0.572. The highest BCUT2D eigenvalue weighted by molar-refractivity contribution is 5.96. The maximum atomic E-state index is 9.61. The SMILES string of the molecule is N#C/C(=C/c1ccc(-c2cccc3ccccc23)o1)c1nc2ccccc2[nH]1. The number of rotatable bonds is 3. The molecule has 0 aliphatic heterocycles. The number of furan rings is 1. The van der Waals surface area contributed by atoms with E-state index in [1.165, 1.54) is 0 Å². The summed E-state index contributed by atoms with van der Waals surface area (Å²) in [6.45, 7) is 0. The summed E-state index contributed by atoms with van der Waals surface area (Å²) in [7, 11) is 0. The number of nitrogens with zero attached hydrogens (tertiary/aromatic N) is 2. The van der Waals surface area contributed by atoms with Gasteiger partial charge in [0.1, 0.15) is 23.4 Å². The molecule has 28 heavy (non-hydrogen) atoms. The minimum Gasteiger partial charge on any atom is -0.457 e. The largest absolute Gasteiger partial charge is 0.457 e. The third-order valence-corrected chi connectivity index (χ3v) is 4.73. The van der Waals surface area contributed by atoms with E-state index in [0.29, 0.717) is 17.2 Å². The topological polar surface area (TPSA) is 65.6 Å². The first kappa shape index (κ1) is 16.1. The molecule has 3 aromatic carbocycles. The molecule has 0 aliphatic carbocycles. The third kappa shape index (κ3) is 2.76. The first-order chi connectivity index (χ1) is 13.8. The molecule has 132 valence electrons. The molecule has 5 rings (SSSR count). The zero-order valence-electron chi connectivity index (χ0n) is 14.9. The Morgan fingerprint density at radius 2 is 1.75 bits per heavy atom. The molecule has 0 bridgehead atoms. The van der Waals surface area contributed by atoms with Crippen LogP contribution in [0.15, 0.2) is 83.3 Å². The van der Waals surface area contributed by atoms with Gasteiger partial charge in [-0.25, -0.2) is 4.98 Å². The van der Waals surface area contributed by atoms with Gasteiger partial charge in [0.15, 0.2) is 0 Å². The summed E-state index contributed by atoms with van der Waals surface area (Å²) in [6, 6.07) is 28.1. The predicted molar refractivity (Wildman–Crippen MR) is 111 cm³/mol. The van der Waals surface area contributed by atoms with Crippen molar-refractivity contribution in [1.29, 1.82) is 5.26 Å². The second-order valence-electron chi connectivity index (χ2n) is 6.50. The predicted octanol–water partition coefficient (Wildman–Crippen LogP) is 6.04. The Morgan fingerprint density at radius 1 is 0.929 bits per heavy atom. The van der Waals surface area contributed by atoms with Gasteiger partial charge in [0.05, 0.1) is 16.6 Å². The molecule has 2 heterocycles. The van der Waals surface area contributed by atoms with Gasteiger partial charge in [-0.3, -0.25) is 0 Å². The van der Waals surface area contributed by atoms with Crippen molar-refractivity contribution < 1.29 is 4.42 Å². The third-order valence-electron chi connectivity index (χ3n) is 4.73. The van der Waals surface area contributed by atoms with Crippen molar-refractivity contribution in [2.75, 3.05) is 0 Å². The molecule has 5 aromatic rings. The number of hydrogen-bond donors (Lipinski definition) is 1. The lowest BCUT2D eigenvalue weighted by atomic mass is 10.0. The normalized spacial score (nSPS) is 11.8. The molecule has 0 amide bonds. The van der Waals surface area contributed by atoms with Crippen molar-refractivity contribution in [2.24, 2.45) is 0 Å². The van der Waals surface area contributed by atoms with Crippen LogP contribution in [0.25, 0.3) is 44.8 Å². The summed E-state index contributed by atoms with van der Waals surface area (Å²) in [6.07, 6.45) is 1.71. The van der Waals surface area contributed by atoms with Gasteiger partial charge in [-0.2, -0.15) is 5.26 Å². The highest BCUT2D eigenvalue weighted by Crippen LogP contribution is 2.31. The van der Waals surface area contributed by atoms with Gasteiger partial charge in [-0.1, -0.05) is 54.6 Å². The van der Waals surface area contributed by atoms with E-state index in [9.17, 15) is 5.26 Å². The second kappa shape index (κ2) is 6.57. The number of nitrogens with one attached hydrogen (secondary N) is 1. The maximum absolute atomic E-state index is 9.61. The Labute approximate surface area is 161 Å². The van der Waals surface area contributed by atoms with E-state index in [4.69, 9.17) is 4.42 Å². The van der Waals surface area contributed by atoms with Crippen molar-refractivity contribution in [2.45, 2.75) is 0 Å². The fourth-order valence-electron chi connectivity index (χ4n) is 3.39. The molecule has 0 atom stereocenters. The van der Waals surface area contributed by atoms with Gasteiger partial charge in [-0.15, -0.1) is 0 Å². The lowest BCUT2D eigenvalue weighted by Gasteiger charge is -2.03. The van der Waals surface area contributed by atoms with Gasteiger partial charge in [-0.05, 0) is 35.0 Å². The molecule has 1 N–H and O–H groups in total. The van der Waals surface area contributed by atoms with Crippen molar-refractivity contribution in [3.05, 3.63) is 90.4 Å². The van der Waals surface area contributed by atoms with Crippen LogP contribution in [0.3, 0.4) is 0 Å². The molecular weight excluding hydrogens is 346 g/mol. The van der Waals surface area contributed by atoms with Crippen LogP contribution in [0.5, 0.6) is 0 Å². The monoisotopic (exact) mass is 361 g/mol. The van der Waals surface area contributed by atoms with E-state index in [2.05, 4.69) is 34.2 Å². The summed E-state index contributed by atoms with van der Waals surface area (Å²) >= 11 is 0. The van der Waals surface area contributed by atoms with E-state index in [1.54, 1.807) is 6.08 Å². The molecule has 0 saturated heterocycles. The summed E-state index contributed by atoms with van der Waals surface area (Å²) in [5, 5.41) is 11.9. The number of hydrogen-bond acceptors (Lipinski definition) is 3. The number of imidazole rings is 1. The Balaban J connectivity index is 1.55. The van der Waals surface area contributed by atoms with Crippen LogP contribution in [0.4, 0.5) is 0 Å². The first-order valence-corrected chi connectivity index (χ1v) is 8.97. The van der Waals surface area contributed by atoms with Crippen molar-refractivity contribution in [1.82, 2.24) is 9.97 Å². The molecular formula is C24H15N3O. The van der Waals surface area contributed by atoms with E-state index in [1.807, 2.05) is 60.7 Å². The highest BCUT2D eigenvalue weighted by Gasteiger charge is 2.11. The Kier molecular flexibility index (Phi) is 3.78. The number of nitriles is 1. The van der Waals surface area contributed by atoms with Gasteiger partial charge >= 0.3 is 0 Å². The zero-order valence-corrected chi connectivity index (χ0v) is 14.9. The minimum atomic E-state index is 0.426. The molecule has 0 fully saturated rings. The fraction of sp³-hybridized carbons (Fsp3) is 0. The van der Waals surface area contributed by atoms with Gasteiger partial charge in [0.25, 0.3) is 0 Å². The van der Waals surface area contributed by atoms with Crippen molar-refractivity contribution >= 4 is 33.5 Å². The van der Waals surface area contributed by atoms with Crippen LogP contribution in [0.1, 0.15) is 11.6 Å². The summed E-state index contributed by atoms with van der Waals surface area (Å²) in [5.41, 5.74) is 3.18. The lowest BCUT2D eigenvalue weighted by Crippen LogP contribution is -1.84. The first-order valence-electron chi connectivity index (χ1n) is 8.97. The molecule has 2 aromatic heterocycles. The van der Waals surface area contributed by atoms with Gasteiger partial charge in [0.2, 0.25) is 0 Å². The molecule has 0 spiro atoms. The Hall–Kier alpha value is -4.10. The van der Waals surface area contributed by atoms with E-state index in [0.717, 1.165) is 33.1 Å². The summed E-state index contributed by atoms with van der Waals surface area (Å²) < 4.78 is 6.04. The molecule has 4 heteroatoms. The summed E-state index contributed by atoms with van der Waals surface area (Å²) in [5.74, 6) is 1.91. The van der Waals surface area contributed by atoms with Crippen LogP contribution in [-0.4, -0.2) is 9.97 Å². The van der Waals surface area contributed by atoms with Crippen molar-refractivity contribution in [3.63, 3.8) is 0 Å². The van der Waals surface area contributed by atoms with Crippen LogP contribution in [0.2, 0.25) is 0 Å². The minimum absolute atomic E-state index is 0.426. The zero-order chi connectivity index (χ0) is 18.9. The smallest absolute Gasteiger partial charge is 0.149 e. The Bertz CT molecular complexity index is 1340. The van der Waals surface area contributed by atoms with E-state index >= 15 is 0 Å². The van der Waals surface area contributed by atoms with E-state index < -0.39 is 0 Å². The number of aromatic nitrogens is 2. The van der Waals surface area contributed by atoms with Crippen LogP contribution in [-0.2, 0) is 0 Å². The molecule has 4 nitrogen and oxygen atoms in total. The number of aromatic amines is 1. The summed E-state index contributed by atoms with van der Waals surface area (Å²) in [4.78, 5) is 7.68. The molecule has 0 unspecified atom stereocenters. The molecule has 0 saturated carbocycles. The fourth-order valence-corrected chi connectivity index (χ4v) is 3.39. The maximum Gasteiger partial charge on any atom is 0.149 e. The number of para-hydroxylation sites is 2. The van der Waals surface area contributed by atoms with Crippen LogP contribution < -0.4 is 0 Å². The number of allylic oxidation sites excluding steroid dienone is 1. The molecule has 0 radical (unpaired) electrons. The van der Waals surface area contributed by atoms with Gasteiger partial charge in [0, 0.05) is 11.6 Å². The quantitative estimate of drug-likeness (QED) is 0.398. The second-order valence-corrected chi connectivity index (χ2v) is 6.50. The average molecular weight is 361 g/mol. The van der Waals surface area contributed by atoms with Crippen LogP contribution in [0, 0.1) is 11.3 Å². The number of H-pyrrole nitrogens is 1. The highest BCUT2D eigenvalue weighted by atomic mass is 16.3. The number of fused-ring (bicyclic) bond motifs is 2. The van der Waals surface area contributed by atoms with E-state index in [-0.39, 0.29) is 0 Å². The standard InChI is InChI=1S/C24H15N3O/c25-15-17(24-26-21-10-3-4-11-22(21)27-24)14-18-12-13-23(28-18)20-9-5-7-16-6-1-2-8-19(16)20/h1-14H,(H,26,27)/b17-14-. The number of benzene rings is 3. The van der Waals surface area contributed by atoms with Gasteiger partial charge < -0.3 is 9.40 Å².